The molecule has 80 valence electrons. The van der Waals surface area contributed by atoms with Gasteiger partial charge in [-0.1, -0.05) is 20.8 Å². The average Bonchev–Trinajstić information content (AvgIpc) is 2.59. The molecule has 0 spiro atoms. The van der Waals surface area contributed by atoms with E-state index in [0.717, 1.165) is 6.54 Å². The van der Waals surface area contributed by atoms with Crippen LogP contribution in [0.3, 0.4) is 0 Å². The summed E-state index contributed by atoms with van der Waals surface area (Å²) in [5, 5.41) is 4.41. The number of aryl methyl sites for hydroxylation is 1. The van der Waals surface area contributed by atoms with Crippen LogP contribution in [0.2, 0.25) is 0 Å². The smallest absolute Gasteiger partial charge is 0.0530 e. The van der Waals surface area contributed by atoms with Gasteiger partial charge >= 0.3 is 0 Å². The van der Waals surface area contributed by atoms with Gasteiger partial charge in [-0.25, -0.2) is 0 Å². The Morgan fingerprint density at radius 2 is 1.86 bits per heavy atom. The summed E-state index contributed by atoms with van der Waals surface area (Å²) < 4.78 is 2.08. The molecule has 2 heteroatoms. The number of hydrogen-bond donors (Lipinski definition) is 0. The van der Waals surface area contributed by atoms with Crippen LogP contribution in [-0.2, 0) is 12.0 Å². The predicted octanol–water partition coefficient (Wildman–Crippen LogP) is 3.29. The second-order valence-electron chi connectivity index (χ2n) is 4.23. The molecule has 0 unspecified atom stereocenters. The van der Waals surface area contributed by atoms with E-state index in [9.17, 15) is 0 Å². The van der Waals surface area contributed by atoms with Gasteiger partial charge in [-0.15, -0.1) is 0 Å². The van der Waals surface area contributed by atoms with Crippen molar-refractivity contribution in [2.24, 2.45) is 0 Å². The molecular formula is C12H22N2. The fourth-order valence-corrected chi connectivity index (χ4v) is 1.99. The van der Waals surface area contributed by atoms with Gasteiger partial charge < -0.3 is 0 Å². The number of hydrogen-bond acceptors (Lipinski definition) is 1. The van der Waals surface area contributed by atoms with Gasteiger partial charge in [0.05, 0.1) is 6.20 Å². The van der Waals surface area contributed by atoms with E-state index in [4.69, 9.17) is 0 Å². The molecule has 1 rings (SSSR count). The van der Waals surface area contributed by atoms with Crippen molar-refractivity contribution in [2.45, 2.75) is 59.4 Å². The largest absolute Gasteiger partial charge is 0.270 e. The summed E-state index contributed by atoms with van der Waals surface area (Å²) in [5.41, 5.74) is 3.06. The zero-order chi connectivity index (χ0) is 10.8. The highest BCUT2D eigenvalue weighted by Crippen LogP contribution is 2.32. The Kier molecular flexibility index (Phi) is 3.35. The van der Waals surface area contributed by atoms with Crippen molar-refractivity contribution in [1.82, 2.24) is 9.78 Å². The lowest BCUT2D eigenvalue weighted by molar-refractivity contribution is 0.435. The number of rotatable bonds is 4. The topological polar surface area (TPSA) is 17.8 Å². The molecule has 0 fully saturated rings. The fourth-order valence-electron chi connectivity index (χ4n) is 1.99. The van der Waals surface area contributed by atoms with E-state index in [2.05, 4.69) is 44.4 Å². The standard InChI is InChI=1S/C12H22N2/c1-6-12(5,7-2)11-9-13-14(8-3)10(11)4/h9H,6-8H2,1-5H3. The highest BCUT2D eigenvalue weighted by atomic mass is 15.3. The van der Waals surface area contributed by atoms with E-state index in [1.165, 1.54) is 24.1 Å². The van der Waals surface area contributed by atoms with Crippen molar-refractivity contribution < 1.29 is 0 Å². The van der Waals surface area contributed by atoms with Gasteiger partial charge in [-0.2, -0.15) is 5.10 Å². The Morgan fingerprint density at radius 1 is 1.29 bits per heavy atom. The maximum absolute atomic E-state index is 4.41. The summed E-state index contributed by atoms with van der Waals surface area (Å²) in [6.07, 6.45) is 4.41. The molecule has 1 aromatic rings. The second-order valence-corrected chi connectivity index (χ2v) is 4.23. The molecule has 0 atom stereocenters. The zero-order valence-corrected chi connectivity index (χ0v) is 10.1. The van der Waals surface area contributed by atoms with Gasteiger partial charge in [0.15, 0.2) is 0 Å². The Labute approximate surface area is 87.3 Å². The molecule has 1 aromatic heterocycles. The maximum Gasteiger partial charge on any atom is 0.0530 e. The van der Waals surface area contributed by atoms with Crippen LogP contribution < -0.4 is 0 Å². The molecule has 1 heterocycles. The third-order valence-corrected chi connectivity index (χ3v) is 3.61. The minimum Gasteiger partial charge on any atom is -0.270 e. The summed E-state index contributed by atoms with van der Waals surface area (Å²) in [4.78, 5) is 0. The van der Waals surface area contributed by atoms with Gasteiger partial charge in [-0.3, -0.25) is 4.68 Å². The van der Waals surface area contributed by atoms with Gasteiger partial charge in [0.1, 0.15) is 0 Å². The van der Waals surface area contributed by atoms with Gasteiger partial charge in [-0.05, 0) is 37.7 Å². The van der Waals surface area contributed by atoms with Crippen molar-refractivity contribution in [1.29, 1.82) is 0 Å². The Morgan fingerprint density at radius 3 is 2.21 bits per heavy atom. The first kappa shape index (κ1) is 11.3. The first-order valence-corrected chi connectivity index (χ1v) is 5.62. The van der Waals surface area contributed by atoms with Crippen LogP contribution in [0.1, 0.15) is 51.8 Å². The lowest BCUT2D eigenvalue weighted by Gasteiger charge is -2.26. The quantitative estimate of drug-likeness (QED) is 0.719. The number of nitrogens with zero attached hydrogens (tertiary/aromatic N) is 2. The SMILES string of the molecule is CCn1ncc(C(C)(CC)CC)c1C. The van der Waals surface area contributed by atoms with Crippen molar-refractivity contribution in [3.05, 3.63) is 17.5 Å². The first-order chi connectivity index (χ1) is 6.59. The second kappa shape index (κ2) is 4.16. The first-order valence-electron chi connectivity index (χ1n) is 5.62. The minimum absolute atomic E-state index is 0.303. The fraction of sp³-hybridized carbons (Fsp3) is 0.750. The van der Waals surface area contributed by atoms with E-state index in [-0.39, 0.29) is 0 Å². The summed E-state index contributed by atoms with van der Waals surface area (Å²) in [6.45, 7) is 12.1. The third kappa shape index (κ3) is 1.70. The minimum atomic E-state index is 0.303. The highest BCUT2D eigenvalue weighted by Gasteiger charge is 2.26. The van der Waals surface area contributed by atoms with Crippen molar-refractivity contribution in [2.75, 3.05) is 0 Å². The zero-order valence-electron chi connectivity index (χ0n) is 10.1. The summed E-state index contributed by atoms with van der Waals surface area (Å²) in [6, 6.07) is 0. The monoisotopic (exact) mass is 194 g/mol. The van der Waals surface area contributed by atoms with Crippen LogP contribution in [0.15, 0.2) is 6.20 Å². The average molecular weight is 194 g/mol. The van der Waals surface area contributed by atoms with Crippen LogP contribution in [0, 0.1) is 6.92 Å². The molecule has 0 aliphatic heterocycles. The molecule has 0 saturated heterocycles. The summed E-state index contributed by atoms with van der Waals surface area (Å²) >= 11 is 0. The maximum atomic E-state index is 4.41. The van der Waals surface area contributed by atoms with E-state index < -0.39 is 0 Å². The predicted molar refractivity (Wildman–Crippen MR) is 60.6 cm³/mol. The molecular weight excluding hydrogens is 172 g/mol. The molecule has 2 nitrogen and oxygen atoms in total. The molecule has 0 bridgehead atoms. The van der Waals surface area contributed by atoms with Crippen molar-refractivity contribution in [3.8, 4) is 0 Å². The van der Waals surface area contributed by atoms with Gasteiger partial charge in [0.25, 0.3) is 0 Å². The lowest BCUT2D eigenvalue weighted by Crippen LogP contribution is -2.20. The summed E-state index contributed by atoms with van der Waals surface area (Å²) in [7, 11) is 0. The van der Waals surface area contributed by atoms with Gasteiger partial charge in [0, 0.05) is 12.2 Å². The van der Waals surface area contributed by atoms with Crippen LogP contribution in [0.25, 0.3) is 0 Å². The van der Waals surface area contributed by atoms with E-state index in [0.29, 0.717) is 5.41 Å². The van der Waals surface area contributed by atoms with E-state index in [1.54, 1.807) is 0 Å². The molecule has 0 aliphatic carbocycles. The Bertz CT molecular complexity index is 295. The molecule has 0 saturated carbocycles. The van der Waals surface area contributed by atoms with Gasteiger partial charge in [0.2, 0.25) is 0 Å². The van der Waals surface area contributed by atoms with E-state index in [1.807, 2.05) is 6.20 Å². The molecule has 0 aliphatic rings. The molecule has 0 aromatic carbocycles. The molecule has 0 radical (unpaired) electrons. The Hall–Kier alpha value is -0.790. The lowest BCUT2D eigenvalue weighted by atomic mass is 9.78. The normalized spacial score (nSPS) is 12.1. The van der Waals surface area contributed by atoms with Crippen LogP contribution in [0.5, 0.6) is 0 Å². The van der Waals surface area contributed by atoms with Crippen LogP contribution >= 0.6 is 0 Å². The molecule has 0 N–H and O–H groups in total. The third-order valence-electron chi connectivity index (χ3n) is 3.61. The highest BCUT2D eigenvalue weighted by molar-refractivity contribution is 5.26. The summed E-state index contributed by atoms with van der Waals surface area (Å²) in [5.74, 6) is 0. The van der Waals surface area contributed by atoms with Crippen LogP contribution in [0.4, 0.5) is 0 Å². The van der Waals surface area contributed by atoms with Crippen LogP contribution in [-0.4, -0.2) is 9.78 Å². The van der Waals surface area contributed by atoms with Crippen molar-refractivity contribution >= 4 is 0 Å². The van der Waals surface area contributed by atoms with E-state index >= 15 is 0 Å². The Balaban J connectivity index is 3.11. The molecule has 14 heavy (non-hydrogen) atoms. The molecule has 0 amide bonds. The number of aromatic nitrogens is 2. The van der Waals surface area contributed by atoms with Crippen molar-refractivity contribution in [3.63, 3.8) is 0 Å².